The van der Waals surface area contributed by atoms with E-state index in [0.717, 1.165) is 32.1 Å². The molecular weight excluding hydrogens is 645 g/mol. The van der Waals surface area contributed by atoms with Crippen molar-refractivity contribution in [1.29, 1.82) is 0 Å². The number of aliphatic hydroxyl groups excluding tert-OH is 1. The number of esters is 2. The Morgan fingerprint density at radius 1 is 0.365 bits per heavy atom. The van der Waals surface area contributed by atoms with Crippen molar-refractivity contribution in [2.24, 2.45) is 0 Å². The molecule has 1 unspecified atom stereocenters. The van der Waals surface area contributed by atoms with E-state index in [1.165, 1.54) is 212 Å². The van der Waals surface area contributed by atoms with E-state index < -0.39 is 6.10 Å². The lowest BCUT2D eigenvalue weighted by Gasteiger charge is -2.15. The van der Waals surface area contributed by atoms with E-state index in [1.54, 1.807) is 0 Å². The first kappa shape index (κ1) is 50.9. The van der Waals surface area contributed by atoms with Gasteiger partial charge in [0.25, 0.3) is 0 Å². The Morgan fingerprint density at radius 3 is 0.846 bits per heavy atom. The number of carbonyl (C=O) groups is 2. The molecular formula is C47H92O5. The normalized spacial score (nSPS) is 12.0. The quantitative estimate of drug-likeness (QED) is 0.0498. The van der Waals surface area contributed by atoms with Crippen LogP contribution in [0.3, 0.4) is 0 Å². The maximum Gasteiger partial charge on any atom is 0.306 e. The predicted octanol–water partition coefficient (Wildman–Crippen LogP) is 15.1. The lowest BCUT2D eigenvalue weighted by atomic mass is 10.0. The Bertz CT molecular complexity index is 710. The van der Waals surface area contributed by atoms with E-state index >= 15 is 0 Å². The van der Waals surface area contributed by atoms with Crippen molar-refractivity contribution in [3.8, 4) is 0 Å². The zero-order valence-electron chi connectivity index (χ0n) is 35.4. The maximum atomic E-state index is 12.2. The molecule has 0 aromatic heterocycles. The third-order valence-corrected chi connectivity index (χ3v) is 10.9. The average molecular weight is 737 g/mol. The van der Waals surface area contributed by atoms with Crippen LogP contribution in [0, 0.1) is 0 Å². The fourth-order valence-corrected chi connectivity index (χ4v) is 7.32. The van der Waals surface area contributed by atoms with Gasteiger partial charge in [0.15, 0.2) is 6.10 Å². The van der Waals surface area contributed by atoms with E-state index in [9.17, 15) is 14.7 Å². The first-order valence-electron chi connectivity index (χ1n) is 23.6. The van der Waals surface area contributed by atoms with Crippen molar-refractivity contribution in [2.45, 2.75) is 277 Å². The Kier molecular flexibility index (Phi) is 43.4. The van der Waals surface area contributed by atoms with Crippen LogP contribution in [0.2, 0.25) is 0 Å². The molecule has 310 valence electrons. The molecule has 0 spiro atoms. The summed E-state index contributed by atoms with van der Waals surface area (Å²) in [5, 5.41) is 9.60. The Balaban J connectivity index is 3.44. The molecule has 0 saturated heterocycles. The molecule has 0 aliphatic rings. The summed E-state index contributed by atoms with van der Waals surface area (Å²) in [6.07, 6.45) is 50.4. The maximum absolute atomic E-state index is 12.2. The Labute approximate surface area is 325 Å². The van der Waals surface area contributed by atoms with E-state index in [2.05, 4.69) is 13.8 Å². The van der Waals surface area contributed by atoms with Crippen LogP contribution in [0.5, 0.6) is 0 Å². The molecule has 52 heavy (non-hydrogen) atoms. The molecule has 0 saturated carbocycles. The van der Waals surface area contributed by atoms with Gasteiger partial charge in [0.1, 0.15) is 6.61 Å². The number of unbranched alkanes of at least 4 members (excludes halogenated alkanes) is 36. The van der Waals surface area contributed by atoms with Crippen molar-refractivity contribution in [3.63, 3.8) is 0 Å². The zero-order valence-corrected chi connectivity index (χ0v) is 35.4. The van der Waals surface area contributed by atoms with Crippen LogP contribution in [-0.2, 0) is 19.1 Å². The van der Waals surface area contributed by atoms with Gasteiger partial charge < -0.3 is 14.6 Å². The lowest BCUT2D eigenvalue weighted by Crippen LogP contribution is -2.28. The Morgan fingerprint density at radius 2 is 0.596 bits per heavy atom. The number of rotatable bonds is 44. The molecule has 0 amide bonds. The second kappa shape index (κ2) is 44.3. The van der Waals surface area contributed by atoms with Gasteiger partial charge >= 0.3 is 11.9 Å². The third kappa shape index (κ3) is 41.7. The van der Waals surface area contributed by atoms with Gasteiger partial charge in [-0.3, -0.25) is 9.59 Å². The summed E-state index contributed by atoms with van der Waals surface area (Å²) in [6.45, 7) is 4.19. The van der Waals surface area contributed by atoms with Crippen LogP contribution in [-0.4, -0.2) is 36.4 Å². The molecule has 0 fully saturated rings. The van der Waals surface area contributed by atoms with Gasteiger partial charge in [0.2, 0.25) is 0 Å². The molecule has 0 aromatic rings. The van der Waals surface area contributed by atoms with Gasteiger partial charge in [-0.05, 0) is 12.8 Å². The Hall–Kier alpha value is -1.10. The lowest BCUT2D eigenvalue weighted by molar-refractivity contribution is -0.161. The second-order valence-corrected chi connectivity index (χ2v) is 16.2. The highest BCUT2D eigenvalue weighted by molar-refractivity contribution is 5.70. The van der Waals surface area contributed by atoms with Crippen molar-refractivity contribution < 1.29 is 24.2 Å². The fourth-order valence-electron chi connectivity index (χ4n) is 7.32. The van der Waals surface area contributed by atoms with Crippen molar-refractivity contribution >= 4 is 11.9 Å². The summed E-state index contributed by atoms with van der Waals surface area (Å²) in [4.78, 5) is 24.4. The highest BCUT2D eigenvalue weighted by atomic mass is 16.6. The van der Waals surface area contributed by atoms with Gasteiger partial charge in [0.05, 0.1) is 6.61 Å². The largest absolute Gasteiger partial charge is 0.462 e. The molecule has 0 heterocycles. The van der Waals surface area contributed by atoms with Gasteiger partial charge in [-0.2, -0.15) is 0 Å². The number of hydrogen-bond donors (Lipinski definition) is 1. The molecule has 0 rings (SSSR count). The highest BCUT2D eigenvalue weighted by Crippen LogP contribution is 2.17. The minimum atomic E-state index is -0.762. The van der Waals surface area contributed by atoms with Gasteiger partial charge in [-0.1, -0.05) is 245 Å². The summed E-state index contributed by atoms with van der Waals surface area (Å²) in [5.41, 5.74) is 0. The van der Waals surface area contributed by atoms with Crippen molar-refractivity contribution in [3.05, 3.63) is 0 Å². The molecule has 0 radical (unpaired) electrons. The van der Waals surface area contributed by atoms with E-state index in [1.807, 2.05) is 0 Å². The molecule has 5 nitrogen and oxygen atoms in total. The first-order chi connectivity index (χ1) is 25.6. The minimum Gasteiger partial charge on any atom is -0.462 e. The summed E-state index contributed by atoms with van der Waals surface area (Å²) in [5.74, 6) is -0.568. The van der Waals surface area contributed by atoms with E-state index in [4.69, 9.17) is 9.47 Å². The zero-order chi connectivity index (χ0) is 37.8. The van der Waals surface area contributed by atoms with Gasteiger partial charge in [0, 0.05) is 12.8 Å². The van der Waals surface area contributed by atoms with Gasteiger partial charge in [-0.15, -0.1) is 0 Å². The summed E-state index contributed by atoms with van der Waals surface area (Å²) < 4.78 is 10.7. The van der Waals surface area contributed by atoms with Crippen LogP contribution in [0.1, 0.15) is 271 Å². The molecule has 0 aliphatic heterocycles. The molecule has 0 aliphatic carbocycles. The number of hydrogen-bond acceptors (Lipinski definition) is 5. The van der Waals surface area contributed by atoms with Crippen LogP contribution in [0.15, 0.2) is 0 Å². The highest BCUT2D eigenvalue weighted by Gasteiger charge is 2.16. The molecule has 5 heteroatoms. The smallest absolute Gasteiger partial charge is 0.306 e. The van der Waals surface area contributed by atoms with Crippen LogP contribution in [0.25, 0.3) is 0 Å². The summed E-state index contributed by atoms with van der Waals surface area (Å²) >= 11 is 0. The number of ether oxygens (including phenoxy) is 2. The first-order valence-corrected chi connectivity index (χ1v) is 23.6. The molecule has 0 bridgehead atoms. The van der Waals surface area contributed by atoms with Crippen LogP contribution in [0.4, 0.5) is 0 Å². The predicted molar refractivity (Wildman–Crippen MR) is 224 cm³/mol. The second-order valence-electron chi connectivity index (χ2n) is 16.2. The summed E-state index contributed by atoms with van der Waals surface area (Å²) in [7, 11) is 0. The fraction of sp³-hybridized carbons (Fsp3) is 0.957. The SMILES string of the molecule is CCCCCCCCCCCCCCCCCCCCCCC(=O)OC(CO)COC(=O)CCCCCCCCCCCCCCCCCCCC. The molecule has 0 aromatic carbocycles. The topological polar surface area (TPSA) is 72.8 Å². The van der Waals surface area contributed by atoms with E-state index in [-0.39, 0.29) is 25.2 Å². The minimum absolute atomic E-state index is 0.0562. The number of carbonyl (C=O) groups excluding carboxylic acids is 2. The van der Waals surface area contributed by atoms with Gasteiger partial charge in [-0.25, -0.2) is 0 Å². The monoisotopic (exact) mass is 737 g/mol. The van der Waals surface area contributed by atoms with Crippen molar-refractivity contribution in [2.75, 3.05) is 13.2 Å². The van der Waals surface area contributed by atoms with Crippen LogP contribution >= 0.6 is 0 Å². The van der Waals surface area contributed by atoms with Crippen LogP contribution < -0.4 is 0 Å². The third-order valence-electron chi connectivity index (χ3n) is 10.9. The summed E-state index contributed by atoms with van der Waals surface area (Å²) in [6, 6.07) is 0. The average Bonchev–Trinajstić information content (AvgIpc) is 3.15. The molecule has 1 atom stereocenters. The van der Waals surface area contributed by atoms with E-state index in [0.29, 0.717) is 12.8 Å². The molecule has 1 N–H and O–H groups in total. The standard InChI is InChI=1S/C47H92O5/c1-3-5-7-9-11-13-15-17-19-21-23-24-26-28-30-32-34-36-38-40-42-47(50)52-45(43-48)44-51-46(49)41-39-37-35-33-31-29-27-25-22-20-18-16-14-12-10-8-6-4-2/h45,48H,3-44H2,1-2H3. The number of aliphatic hydroxyl groups is 1. The van der Waals surface area contributed by atoms with Crippen molar-refractivity contribution in [1.82, 2.24) is 0 Å².